The van der Waals surface area contributed by atoms with E-state index in [0.717, 1.165) is 47.8 Å². The Bertz CT molecular complexity index is 823. The Morgan fingerprint density at radius 2 is 1.92 bits per heavy atom. The summed E-state index contributed by atoms with van der Waals surface area (Å²) in [6, 6.07) is 12.3. The number of aryl methyl sites for hydroxylation is 1. The fourth-order valence-electron chi connectivity index (χ4n) is 3.09. The molecule has 0 N–H and O–H groups in total. The highest BCUT2D eigenvalue weighted by molar-refractivity contribution is 7.98. The molecule has 4 rings (SSSR count). The van der Waals surface area contributed by atoms with E-state index in [1.54, 1.807) is 11.8 Å². The van der Waals surface area contributed by atoms with Crippen molar-refractivity contribution in [2.45, 2.75) is 37.2 Å². The lowest BCUT2D eigenvalue weighted by molar-refractivity contribution is 0.319. The van der Waals surface area contributed by atoms with Crippen LogP contribution >= 0.6 is 11.8 Å². The minimum absolute atomic E-state index is 0.690. The third-order valence-corrected chi connectivity index (χ3v) is 5.25. The zero-order valence-corrected chi connectivity index (χ0v) is 15.1. The van der Waals surface area contributed by atoms with Gasteiger partial charge >= 0.3 is 0 Å². The highest BCUT2D eigenvalue weighted by atomic mass is 32.2. The van der Waals surface area contributed by atoms with Crippen LogP contribution in [0.15, 0.2) is 46.1 Å². The van der Waals surface area contributed by atoms with Crippen molar-refractivity contribution in [1.82, 2.24) is 24.8 Å². The second-order valence-corrected chi connectivity index (χ2v) is 7.22. The van der Waals surface area contributed by atoms with Gasteiger partial charge in [0.05, 0.1) is 18.0 Å². The Hall–Kier alpha value is -2.12. The van der Waals surface area contributed by atoms with Crippen LogP contribution in [0.3, 0.4) is 0 Å². The predicted octanol–water partition coefficient (Wildman–Crippen LogP) is 3.45. The number of likely N-dealkylation sites (tertiary alicyclic amines) is 1. The molecule has 3 aromatic rings. The molecule has 0 amide bonds. The summed E-state index contributed by atoms with van der Waals surface area (Å²) in [5.41, 5.74) is 1.99. The maximum atomic E-state index is 5.31. The average Bonchev–Trinajstić information content (AvgIpc) is 3.36. The Balaban J connectivity index is 1.60. The molecule has 0 aliphatic carbocycles. The van der Waals surface area contributed by atoms with E-state index >= 15 is 0 Å². The van der Waals surface area contributed by atoms with Gasteiger partial charge in [0.25, 0.3) is 0 Å². The third-order valence-electron chi connectivity index (χ3n) is 4.30. The Kier molecular flexibility index (Phi) is 4.85. The van der Waals surface area contributed by atoms with Gasteiger partial charge in [-0.15, -0.1) is 10.2 Å². The van der Waals surface area contributed by atoms with Gasteiger partial charge in [-0.25, -0.2) is 0 Å². The standard InChI is InChI=1S/C18H21N5OS/c1-14-11-16(24-21-14)13-25-18-20-19-17(12-22-9-5-6-10-22)23(18)15-7-3-2-4-8-15/h2-4,7-8,11H,5-6,9-10,12-13H2,1H3. The lowest BCUT2D eigenvalue weighted by Crippen LogP contribution is -2.21. The molecule has 25 heavy (non-hydrogen) atoms. The third kappa shape index (κ3) is 3.77. The van der Waals surface area contributed by atoms with Gasteiger partial charge in [0.15, 0.2) is 11.0 Å². The number of para-hydroxylation sites is 1. The Morgan fingerprint density at radius 1 is 1.12 bits per heavy atom. The van der Waals surface area contributed by atoms with Crippen LogP contribution in [-0.4, -0.2) is 37.9 Å². The van der Waals surface area contributed by atoms with Gasteiger partial charge < -0.3 is 4.52 Å². The molecule has 0 atom stereocenters. The van der Waals surface area contributed by atoms with Crippen molar-refractivity contribution in [2.24, 2.45) is 0 Å². The minimum atomic E-state index is 0.690. The number of hydrogen-bond acceptors (Lipinski definition) is 6. The maximum absolute atomic E-state index is 5.31. The maximum Gasteiger partial charge on any atom is 0.196 e. The van der Waals surface area contributed by atoms with Crippen molar-refractivity contribution in [2.75, 3.05) is 13.1 Å². The first-order valence-electron chi connectivity index (χ1n) is 8.56. The molecule has 3 heterocycles. The molecule has 0 radical (unpaired) electrons. The van der Waals surface area contributed by atoms with Gasteiger partial charge in [0, 0.05) is 11.8 Å². The molecule has 130 valence electrons. The number of hydrogen-bond donors (Lipinski definition) is 0. The molecule has 2 aromatic heterocycles. The Labute approximate surface area is 151 Å². The van der Waals surface area contributed by atoms with E-state index in [4.69, 9.17) is 4.52 Å². The van der Waals surface area contributed by atoms with Crippen molar-refractivity contribution in [3.05, 3.63) is 53.7 Å². The summed E-state index contributed by atoms with van der Waals surface area (Å²) in [5, 5.41) is 13.8. The van der Waals surface area contributed by atoms with Crippen molar-refractivity contribution in [1.29, 1.82) is 0 Å². The van der Waals surface area contributed by atoms with Gasteiger partial charge in [-0.2, -0.15) is 0 Å². The molecule has 0 spiro atoms. The van der Waals surface area contributed by atoms with E-state index in [2.05, 4.69) is 37.0 Å². The summed E-state index contributed by atoms with van der Waals surface area (Å²) in [6.07, 6.45) is 2.54. The SMILES string of the molecule is Cc1cc(CSc2nnc(CN3CCCC3)n2-c2ccccc2)on1. The second-order valence-electron chi connectivity index (χ2n) is 6.28. The lowest BCUT2D eigenvalue weighted by atomic mass is 10.3. The van der Waals surface area contributed by atoms with Gasteiger partial charge in [0.1, 0.15) is 5.76 Å². The second kappa shape index (κ2) is 7.41. The molecule has 0 saturated carbocycles. The predicted molar refractivity (Wildman–Crippen MR) is 96.7 cm³/mol. The normalized spacial score (nSPS) is 15.1. The first-order chi connectivity index (χ1) is 12.3. The van der Waals surface area contributed by atoms with Crippen LogP contribution in [0, 0.1) is 6.92 Å². The fraction of sp³-hybridized carbons (Fsp3) is 0.389. The zero-order valence-electron chi connectivity index (χ0n) is 14.3. The molecular formula is C18H21N5OS. The molecule has 7 heteroatoms. The summed E-state index contributed by atoms with van der Waals surface area (Å²) in [6.45, 7) is 5.05. The molecule has 1 aliphatic heterocycles. The van der Waals surface area contributed by atoms with E-state index in [0.29, 0.717) is 5.75 Å². The van der Waals surface area contributed by atoms with Crippen LogP contribution in [0.1, 0.15) is 30.1 Å². The largest absolute Gasteiger partial charge is 0.360 e. The molecule has 0 unspecified atom stereocenters. The number of nitrogens with zero attached hydrogens (tertiary/aromatic N) is 5. The average molecular weight is 355 g/mol. The van der Waals surface area contributed by atoms with Crippen LogP contribution in [0.2, 0.25) is 0 Å². The monoisotopic (exact) mass is 355 g/mol. The first-order valence-corrected chi connectivity index (χ1v) is 9.55. The minimum Gasteiger partial charge on any atom is -0.360 e. The van der Waals surface area contributed by atoms with E-state index in [-0.39, 0.29) is 0 Å². The fourth-order valence-corrected chi connectivity index (χ4v) is 3.94. The summed E-state index contributed by atoms with van der Waals surface area (Å²) in [5.74, 6) is 2.53. The Morgan fingerprint density at radius 3 is 2.64 bits per heavy atom. The van der Waals surface area contributed by atoms with E-state index in [9.17, 15) is 0 Å². The molecule has 1 saturated heterocycles. The van der Waals surface area contributed by atoms with E-state index < -0.39 is 0 Å². The van der Waals surface area contributed by atoms with Gasteiger partial charge in [0.2, 0.25) is 0 Å². The van der Waals surface area contributed by atoms with Crippen LogP contribution in [-0.2, 0) is 12.3 Å². The lowest BCUT2D eigenvalue weighted by Gasteiger charge is -2.15. The molecular weight excluding hydrogens is 334 g/mol. The van der Waals surface area contributed by atoms with Crippen molar-refractivity contribution < 1.29 is 4.52 Å². The summed E-state index contributed by atoms with van der Waals surface area (Å²) < 4.78 is 7.47. The van der Waals surface area contributed by atoms with E-state index in [1.807, 2.05) is 31.2 Å². The van der Waals surface area contributed by atoms with Gasteiger partial charge in [-0.1, -0.05) is 35.1 Å². The van der Waals surface area contributed by atoms with Gasteiger partial charge in [-0.3, -0.25) is 9.47 Å². The molecule has 6 nitrogen and oxygen atoms in total. The smallest absolute Gasteiger partial charge is 0.196 e. The first kappa shape index (κ1) is 16.4. The van der Waals surface area contributed by atoms with Gasteiger partial charge in [-0.05, 0) is 45.0 Å². The molecule has 1 aliphatic rings. The van der Waals surface area contributed by atoms with Crippen LogP contribution in [0.5, 0.6) is 0 Å². The molecule has 1 fully saturated rings. The molecule has 1 aromatic carbocycles. The topological polar surface area (TPSA) is 60.0 Å². The highest BCUT2D eigenvalue weighted by Gasteiger charge is 2.19. The number of benzene rings is 1. The summed E-state index contributed by atoms with van der Waals surface area (Å²) in [7, 11) is 0. The van der Waals surface area contributed by atoms with Crippen LogP contribution in [0.25, 0.3) is 5.69 Å². The van der Waals surface area contributed by atoms with Crippen LogP contribution in [0.4, 0.5) is 0 Å². The van der Waals surface area contributed by atoms with Crippen molar-refractivity contribution >= 4 is 11.8 Å². The summed E-state index contributed by atoms with van der Waals surface area (Å²) >= 11 is 1.62. The number of aromatic nitrogens is 4. The quantitative estimate of drug-likeness (QED) is 0.631. The van der Waals surface area contributed by atoms with Crippen molar-refractivity contribution in [3.8, 4) is 5.69 Å². The summed E-state index contributed by atoms with van der Waals surface area (Å²) in [4.78, 5) is 2.44. The zero-order chi connectivity index (χ0) is 17.1. The number of rotatable bonds is 6. The van der Waals surface area contributed by atoms with Crippen LogP contribution < -0.4 is 0 Å². The number of thioether (sulfide) groups is 1. The molecule has 0 bridgehead atoms. The highest BCUT2D eigenvalue weighted by Crippen LogP contribution is 2.26. The van der Waals surface area contributed by atoms with Crippen molar-refractivity contribution in [3.63, 3.8) is 0 Å². The van der Waals surface area contributed by atoms with E-state index in [1.165, 1.54) is 12.8 Å².